The molecule has 0 aliphatic heterocycles. The molecule has 5 heteroatoms. The van der Waals surface area contributed by atoms with Gasteiger partial charge in [-0.15, -0.1) is 0 Å². The van der Waals surface area contributed by atoms with Crippen LogP contribution >= 0.6 is 0 Å². The first-order chi connectivity index (χ1) is 19.8. The molecule has 0 aromatic carbocycles. The van der Waals surface area contributed by atoms with Crippen molar-refractivity contribution >= 4 is 33.1 Å². The van der Waals surface area contributed by atoms with E-state index in [9.17, 15) is 19.8 Å². The Morgan fingerprint density at radius 3 is 1.10 bits per heavy atom. The van der Waals surface area contributed by atoms with E-state index in [1.165, 1.54) is 64.2 Å². The number of hydrogen-bond donors (Lipinski definition) is 0. The van der Waals surface area contributed by atoms with Gasteiger partial charge in [-0.2, -0.15) is 0 Å². The fourth-order valence-corrected chi connectivity index (χ4v) is 8.88. The van der Waals surface area contributed by atoms with E-state index >= 15 is 0 Å². The third-order valence-electron chi connectivity index (χ3n) is 8.34. The van der Waals surface area contributed by atoms with E-state index in [1.807, 2.05) is 13.8 Å². The maximum absolute atomic E-state index is 11.6. The number of carboxylic acid groups (broad SMARTS) is 2. The number of rotatable bonds is 28. The van der Waals surface area contributed by atoms with Crippen molar-refractivity contribution in [1.82, 2.24) is 0 Å². The van der Waals surface area contributed by atoms with Crippen LogP contribution in [0.3, 0.4) is 0 Å². The quantitative estimate of drug-likeness (QED) is 0.0468. The van der Waals surface area contributed by atoms with Crippen LogP contribution in [0.15, 0.2) is 11.1 Å². The Morgan fingerprint density at radius 2 is 0.805 bits per heavy atom. The van der Waals surface area contributed by atoms with Crippen molar-refractivity contribution in [3.63, 3.8) is 0 Å². The van der Waals surface area contributed by atoms with Crippen molar-refractivity contribution in [1.29, 1.82) is 0 Å². The Hall–Kier alpha value is -0.521. The molecule has 0 radical (unpaired) electrons. The molecule has 0 aromatic rings. The first-order valence-electron chi connectivity index (χ1n) is 17.7. The van der Waals surface area contributed by atoms with E-state index in [4.69, 9.17) is 0 Å². The number of carboxylic acids is 2. The molecule has 0 heterocycles. The van der Waals surface area contributed by atoms with E-state index in [0.717, 1.165) is 51.4 Å². The summed E-state index contributed by atoms with van der Waals surface area (Å²) in [5, 5.41) is 23.2. The molecule has 0 amide bonds. The standard InChI is InChI=1S/C20H36O4.2C8H17.Sn/c1-5-9-11-15(7-3)13-17(19(21)22)18(20(23)24)14-16(8-4)12-10-6-2;2*1-3-5-7-8-6-4-2;/h15-16H,5-14H2,1-4H3,(H,21,22)(H,23,24);2*1,3-8H2,2H3;/q;;;+2/p-2/b18-17-;;;. The van der Waals surface area contributed by atoms with Gasteiger partial charge < -0.3 is 19.8 Å². The summed E-state index contributed by atoms with van der Waals surface area (Å²) in [5.74, 6) is -2.34. The van der Waals surface area contributed by atoms with Crippen LogP contribution in [0.2, 0.25) is 8.87 Å². The molecule has 0 N–H and O–H groups in total. The Labute approximate surface area is 266 Å². The summed E-state index contributed by atoms with van der Waals surface area (Å²) in [6.45, 7) is 12.8. The van der Waals surface area contributed by atoms with Gasteiger partial charge in [-0.3, -0.25) is 0 Å². The molecule has 41 heavy (non-hydrogen) atoms. The molecule has 2 atom stereocenters. The topological polar surface area (TPSA) is 80.3 Å². The zero-order valence-electron chi connectivity index (χ0n) is 28.3. The monoisotopic (exact) mass is 684 g/mol. The minimum absolute atomic E-state index is 0.0482. The van der Waals surface area contributed by atoms with Crippen molar-refractivity contribution in [2.45, 2.75) is 192 Å². The zero-order chi connectivity index (χ0) is 31.1. The number of hydrogen-bond acceptors (Lipinski definition) is 4. The molecule has 4 nitrogen and oxygen atoms in total. The van der Waals surface area contributed by atoms with E-state index < -0.39 is 11.9 Å². The Morgan fingerprint density at radius 1 is 0.488 bits per heavy atom. The molecule has 0 bridgehead atoms. The normalized spacial score (nSPS) is 13.0. The number of carbonyl (C=O) groups is 2. The third kappa shape index (κ3) is 26.8. The van der Waals surface area contributed by atoms with Crippen LogP contribution in [-0.4, -0.2) is 33.1 Å². The second-order valence-electron chi connectivity index (χ2n) is 12.1. The van der Waals surface area contributed by atoms with Crippen LogP contribution in [0.25, 0.3) is 0 Å². The average molecular weight is 684 g/mol. The molecule has 2 unspecified atom stereocenters. The SMILES string of the molecule is CCCCC(CC)C/C(C(=O)[O-])=C(\CC(CC)CCCC)C(=O)[O-].CCCCCCC[CH2][Sn+2][CH2]CCCCCCC. The van der Waals surface area contributed by atoms with Crippen LogP contribution in [-0.2, 0) is 9.59 Å². The predicted octanol–water partition coefficient (Wildman–Crippen LogP) is 9.24. The van der Waals surface area contributed by atoms with E-state index in [0.29, 0.717) is 0 Å². The number of carbonyl (C=O) groups excluding carboxylic acids is 2. The van der Waals surface area contributed by atoms with E-state index in [2.05, 4.69) is 27.7 Å². The summed E-state index contributed by atoms with van der Waals surface area (Å²) in [5.41, 5.74) is -0.0965. The molecule has 0 aliphatic rings. The van der Waals surface area contributed by atoms with Gasteiger partial charge in [0.25, 0.3) is 0 Å². The van der Waals surface area contributed by atoms with Crippen LogP contribution in [0.5, 0.6) is 0 Å². The summed E-state index contributed by atoms with van der Waals surface area (Å²) in [6, 6.07) is 0. The summed E-state index contributed by atoms with van der Waals surface area (Å²) in [6.07, 6.45) is 26.0. The van der Waals surface area contributed by atoms with E-state index in [-0.39, 0.29) is 57.0 Å². The van der Waals surface area contributed by atoms with Gasteiger partial charge in [0.15, 0.2) is 0 Å². The molecular formula is C36H68O4Sn. The predicted molar refractivity (Wildman–Crippen MR) is 175 cm³/mol. The maximum atomic E-state index is 11.6. The fraction of sp³-hybridized carbons (Fsp3) is 0.889. The first kappa shape index (κ1) is 42.6. The molecule has 0 rings (SSSR count). The average Bonchev–Trinajstić information content (AvgIpc) is 2.96. The number of unbranched alkanes of at least 4 members (excludes halogenated alkanes) is 12. The van der Waals surface area contributed by atoms with Crippen molar-refractivity contribution in [3.8, 4) is 0 Å². The number of aliphatic carboxylic acids is 2. The summed E-state index contributed by atoms with van der Waals surface area (Å²) in [7, 11) is 0. The third-order valence-corrected chi connectivity index (χ3v) is 12.4. The zero-order valence-corrected chi connectivity index (χ0v) is 31.1. The molecule has 0 saturated heterocycles. The van der Waals surface area contributed by atoms with Gasteiger partial charge in [-0.25, -0.2) is 0 Å². The van der Waals surface area contributed by atoms with Gasteiger partial charge in [0.05, 0.1) is 11.9 Å². The van der Waals surface area contributed by atoms with Crippen LogP contribution in [0.1, 0.15) is 183 Å². The summed E-state index contributed by atoms with van der Waals surface area (Å²) < 4.78 is 3.31. The second-order valence-corrected chi connectivity index (χ2v) is 16.3. The van der Waals surface area contributed by atoms with Crippen molar-refractivity contribution in [3.05, 3.63) is 11.1 Å². The molecule has 240 valence electrons. The van der Waals surface area contributed by atoms with Gasteiger partial charge in [-0.05, 0) is 35.8 Å². The van der Waals surface area contributed by atoms with Gasteiger partial charge in [-0.1, -0.05) is 79.1 Å². The van der Waals surface area contributed by atoms with Crippen LogP contribution in [0, 0.1) is 11.8 Å². The molecule has 0 saturated carbocycles. The molecule has 0 aliphatic carbocycles. The van der Waals surface area contributed by atoms with Crippen molar-refractivity contribution < 1.29 is 19.8 Å². The molecule has 0 aromatic heterocycles. The van der Waals surface area contributed by atoms with Gasteiger partial charge in [0.1, 0.15) is 0 Å². The Kier molecular flexibility index (Phi) is 33.7. The Bertz CT molecular complexity index is 579. The molecule has 0 spiro atoms. The molecule has 0 fully saturated rings. The fourth-order valence-electron chi connectivity index (χ4n) is 5.31. The van der Waals surface area contributed by atoms with Gasteiger partial charge in [0.2, 0.25) is 0 Å². The summed E-state index contributed by atoms with van der Waals surface area (Å²) >= 11 is 0.0736. The van der Waals surface area contributed by atoms with Crippen LogP contribution in [0.4, 0.5) is 0 Å². The Balaban J connectivity index is 0. The first-order valence-corrected chi connectivity index (χ1v) is 21.7. The van der Waals surface area contributed by atoms with E-state index in [1.54, 1.807) is 21.7 Å². The van der Waals surface area contributed by atoms with Crippen molar-refractivity contribution in [2.75, 3.05) is 0 Å². The molecular weight excluding hydrogens is 615 g/mol. The van der Waals surface area contributed by atoms with Gasteiger partial charge in [0, 0.05) is 0 Å². The second kappa shape index (κ2) is 32.4. The van der Waals surface area contributed by atoms with Crippen molar-refractivity contribution in [2.24, 2.45) is 11.8 Å². The summed E-state index contributed by atoms with van der Waals surface area (Å²) in [4.78, 5) is 23.2. The van der Waals surface area contributed by atoms with Crippen LogP contribution < -0.4 is 10.2 Å². The van der Waals surface area contributed by atoms with Gasteiger partial charge >= 0.3 is 121 Å². The minimum atomic E-state index is -1.35.